The van der Waals surface area contributed by atoms with E-state index < -0.39 is 11.6 Å². The van der Waals surface area contributed by atoms with Gasteiger partial charge in [0.2, 0.25) is 5.95 Å². The highest BCUT2D eigenvalue weighted by atomic mass is 19.1. The maximum absolute atomic E-state index is 13.4. The second-order valence-electron chi connectivity index (χ2n) is 8.63. The van der Waals surface area contributed by atoms with Crippen molar-refractivity contribution < 1.29 is 8.78 Å². The van der Waals surface area contributed by atoms with Crippen LogP contribution in [0.3, 0.4) is 0 Å². The predicted octanol–water partition coefficient (Wildman–Crippen LogP) is 4.60. The second-order valence-corrected chi connectivity index (χ2v) is 8.63. The van der Waals surface area contributed by atoms with Crippen LogP contribution in [0, 0.1) is 11.6 Å². The largest absolute Gasteiger partial charge is 0.354 e. The highest BCUT2D eigenvalue weighted by Gasteiger charge is 2.22. The van der Waals surface area contributed by atoms with Gasteiger partial charge >= 0.3 is 0 Å². The second kappa shape index (κ2) is 10.8. The van der Waals surface area contributed by atoms with Crippen molar-refractivity contribution in [3.05, 3.63) is 77.5 Å². The lowest BCUT2D eigenvalue weighted by molar-refractivity contribution is 0.0812. The first kappa shape index (κ1) is 23.3. The minimum Gasteiger partial charge on any atom is -0.354 e. The molecule has 2 heterocycles. The third-order valence-corrected chi connectivity index (χ3v) is 6.18. The van der Waals surface area contributed by atoms with Gasteiger partial charge in [0, 0.05) is 56.6 Å². The number of nitrogens with zero attached hydrogens (tertiary/aromatic N) is 4. The first-order valence-corrected chi connectivity index (χ1v) is 11.6. The predicted molar refractivity (Wildman–Crippen MR) is 128 cm³/mol. The minimum absolute atomic E-state index is 0.473. The van der Waals surface area contributed by atoms with E-state index in [1.807, 2.05) is 6.07 Å². The monoisotopic (exact) mass is 451 g/mol. The van der Waals surface area contributed by atoms with Crippen molar-refractivity contribution in [1.82, 2.24) is 19.8 Å². The number of benzene rings is 2. The fraction of sp³-hybridized carbons (Fsp3) is 0.385. The zero-order chi connectivity index (χ0) is 23.2. The van der Waals surface area contributed by atoms with E-state index in [2.05, 4.69) is 63.2 Å². The van der Waals surface area contributed by atoms with Crippen molar-refractivity contribution in [2.45, 2.75) is 32.9 Å². The first-order chi connectivity index (χ1) is 16.0. The van der Waals surface area contributed by atoms with Crippen molar-refractivity contribution >= 4 is 5.95 Å². The van der Waals surface area contributed by atoms with Crippen molar-refractivity contribution in [3.63, 3.8) is 0 Å². The summed E-state index contributed by atoms with van der Waals surface area (Å²) in [6.45, 7) is 10.3. The number of hydrogen-bond acceptors (Lipinski definition) is 5. The minimum atomic E-state index is -0.565. The van der Waals surface area contributed by atoms with Crippen LogP contribution in [0.2, 0.25) is 0 Å². The molecule has 5 nitrogen and oxygen atoms in total. The van der Waals surface area contributed by atoms with Crippen LogP contribution in [-0.2, 0) is 13.0 Å². The Labute approximate surface area is 194 Å². The van der Waals surface area contributed by atoms with Gasteiger partial charge in [0.05, 0.1) is 5.69 Å². The Morgan fingerprint density at radius 2 is 1.85 bits per heavy atom. The molecule has 0 saturated carbocycles. The van der Waals surface area contributed by atoms with Gasteiger partial charge < -0.3 is 10.2 Å². The molecule has 2 aromatic carbocycles. The van der Waals surface area contributed by atoms with E-state index in [0.29, 0.717) is 30.5 Å². The summed E-state index contributed by atoms with van der Waals surface area (Å²) in [6, 6.07) is 14.5. The summed E-state index contributed by atoms with van der Waals surface area (Å²) < 4.78 is 26.7. The summed E-state index contributed by atoms with van der Waals surface area (Å²) in [4.78, 5) is 14.0. The number of nitrogens with one attached hydrogen (secondary N) is 1. The van der Waals surface area contributed by atoms with Crippen molar-refractivity contribution in [3.8, 4) is 11.3 Å². The topological polar surface area (TPSA) is 44.3 Å². The van der Waals surface area contributed by atoms with E-state index in [4.69, 9.17) is 0 Å². The van der Waals surface area contributed by atoms with Crippen LogP contribution in [-0.4, -0.2) is 58.5 Å². The summed E-state index contributed by atoms with van der Waals surface area (Å²) in [5, 5.41) is 3.16. The smallest absolute Gasteiger partial charge is 0.223 e. The third-order valence-electron chi connectivity index (χ3n) is 6.18. The van der Waals surface area contributed by atoms with E-state index in [0.717, 1.165) is 50.0 Å². The van der Waals surface area contributed by atoms with E-state index in [9.17, 15) is 8.78 Å². The lowest BCUT2D eigenvalue weighted by atomic mass is 10.1. The molecule has 0 radical (unpaired) electrons. The molecule has 1 aliphatic rings. The zero-order valence-electron chi connectivity index (χ0n) is 19.3. The fourth-order valence-electron chi connectivity index (χ4n) is 4.33. The lowest BCUT2D eigenvalue weighted by Gasteiger charge is -2.39. The Morgan fingerprint density at radius 1 is 1.03 bits per heavy atom. The van der Waals surface area contributed by atoms with E-state index in [-0.39, 0.29) is 0 Å². The van der Waals surface area contributed by atoms with Gasteiger partial charge in [-0.25, -0.2) is 18.7 Å². The van der Waals surface area contributed by atoms with Crippen LogP contribution in [0.25, 0.3) is 11.3 Å². The Kier molecular flexibility index (Phi) is 7.62. The quantitative estimate of drug-likeness (QED) is 0.542. The highest BCUT2D eigenvalue weighted by Crippen LogP contribution is 2.21. The summed E-state index contributed by atoms with van der Waals surface area (Å²) >= 11 is 0. The maximum atomic E-state index is 13.4. The summed E-state index contributed by atoms with van der Waals surface area (Å²) in [5.41, 5.74) is 3.75. The Balaban J connectivity index is 1.38. The molecule has 1 atom stereocenters. The van der Waals surface area contributed by atoms with Gasteiger partial charge in [-0.3, -0.25) is 4.90 Å². The van der Waals surface area contributed by atoms with Gasteiger partial charge in [-0.1, -0.05) is 25.1 Å². The Hall–Kier alpha value is -2.90. The molecular weight excluding hydrogens is 420 g/mol. The molecule has 1 aromatic heterocycles. The van der Waals surface area contributed by atoms with E-state index in [1.165, 1.54) is 17.7 Å². The van der Waals surface area contributed by atoms with Gasteiger partial charge in [-0.15, -0.1) is 0 Å². The molecule has 1 aliphatic heterocycles. The molecule has 7 heteroatoms. The van der Waals surface area contributed by atoms with Gasteiger partial charge in [0.25, 0.3) is 0 Å². The Bertz CT molecular complexity index is 1050. The number of aromatic nitrogens is 2. The molecule has 1 N–H and O–H groups in total. The molecular formula is C26H31F2N5. The van der Waals surface area contributed by atoms with Crippen LogP contribution >= 0.6 is 0 Å². The SMILES string of the molecule is CCN1CCN(Cc2cccc(-c3ccnc(NCCc4cc(F)cc(F)c4)n3)c2)[C@@H](C)C1. The lowest BCUT2D eigenvalue weighted by Crippen LogP contribution is -2.51. The average Bonchev–Trinajstić information content (AvgIpc) is 2.80. The molecule has 0 aliphatic carbocycles. The molecule has 0 amide bonds. The van der Waals surface area contributed by atoms with Crippen LogP contribution in [0.4, 0.5) is 14.7 Å². The van der Waals surface area contributed by atoms with Crippen LogP contribution < -0.4 is 5.32 Å². The number of hydrogen-bond donors (Lipinski definition) is 1. The molecule has 33 heavy (non-hydrogen) atoms. The van der Waals surface area contributed by atoms with Crippen LogP contribution in [0.15, 0.2) is 54.7 Å². The van der Waals surface area contributed by atoms with Gasteiger partial charge in [0.15, 0.2) is 0 Å². The molecule has 1 saturated heterocycles. The fourth-order valence-corrected chi connectivity index (χ4v) is 4.33. The van der Waals surface area contributed by atoms with Gasteiger partial charge in [-0.2, -0.15) is 0 Å². The number of piperazine rings is 1. The van der Waals surface area contributed by atoms with Crippen LogP contribution in [0.1, 0.15) is 25.0 Å². The summed E-state index contributed by atoms with van der Waals surface area (Å²) in [7, 11) is 0. The summed E-state index contributed by atoms with van der Waals surface area (Å²) in [5.74, 6) is -0.631. The molecule has 0 bridgehead atoms. The maximum Gasteiger partial charge on any atom is 0.223 e. The van der Waals surface area contributed by atoms with Crippen molar-refractivity contribution in [2.75, 3.05) is 38.0 Å². The molecule has 174 valence electrons. The average molecular weight is 452 g/mol. The molecule has 0 spiro atoms. The number of rotatable bonds is 8. The number of likely N-dealkylation sites (N-methyl/N-ethyl adjacent to an activating group) is 1. The van der Waals surface area contributed by atoms with Gasteiger partial charge in [0.1, 0.15) is 11.6 Å². The molecule has 3 aromatic rings. The number of halogens is 2. The summed E-state index contributed by atoms with van der Waals surface area (Å²) in [6.07, 6.45) is 2.20. The molecule has 0 unspecified atom stereocenters. The van der Waals surface area contributed by atoms with Crippen molar-refractivity contribution in [1.29, 1.82) is 0 Å². The third kappa shape index (κ3) is 6.33. The van der Waals surface area contributed by atoms with Gasteiger partial charge in [-0.05, 0) is 55.3 Å². The van der Waals surface area contributed by atoms with E-state index in [1.54, 1.807) is 6.20 Å². The standard InChI is InChI=1S/C26H31F2N5/c1-3-32-11-12-33(19(2)17-32)18-21-5-4-6-22(13-21)25-8-10-30-26(31-25)29-9-7-20-14-23(27)16-24(28)15-20/h4-6,8,10,13-16,19H,3,7,9,11-12,17-18H2,1-2H3,(H,29,30,31)/t19-/m0/s1. The number of anilines is 1. The molecule has 4 rings (SSSR count). The Morgan fingerprint density at radius 3 is 2.61 bits per heavy atom. The van der Waals surface area contributed by atoms with Crippen molar-refractivity contribution in [2.24, 2.45) is 0 Å². The normalized spacial score (nSPS) is 17.3. The first-order valence-electron chi connectivity index (χ1n) is 11.6. The van der Waals surface area contributed by atoms with Crippen LogP contribution in [0.5, 0.6) is 0 Å². The van der Waals surface area contributed by atoms with E-state index >= 15 is 0 Å². The molecule has 1 fully saturated rings. The zero-order valence-corrected chi connectivity index (χ0v) is 19.3. The highest BCUT2D eigenvalue weighted by molar-refractivity contribution is 5.61.